The maximum Gasteiger partial charge on any atom is 0.313 e. The predicted octanol–water partition coefficient (Wildman–Crippen LogP) is 2.18. The Hall–Kier alpha value is -3.09. The number of hydrogen-bond acceptors (Lipinski definition) is 6. The summed E-state index contributed by atoms with van der Waals surface area (Å²) in [6.07, 6.45) is 2.77. The Kier molecular flexibility index (Phi) is 2.72. The molecule has 3 aromatic rings. The second-order valence-corrected chi connectivity index (χ2v) is 4.13. The van der Waals surface area contributed by atoms with Gasteiger partial charge in [-0.15, -0.1) is 0 Å². The molecule has 0 atom stereocenters. The van der Waals surface area contributed by atoms with Crippen molar-refractivity contribution in [1.82, 2.24) is 15.0 Å². The molecular weight excluding hydrogens is 258 g/mol. The zero-order chi connectivity index (χ0) is 14.1. The van der Waals surface area contributed by atoms with Gasteiger partial charge in [-0.25, -0.2) is 9.97 Å². The molecule has 0 fully saturated rings. The minimum Gasteiger partial charge on any atom is -0.368 e. The highest BCUT2D eigenvalue weighted by Gasteiger charge is 2.18. The van der Waals surface area contributed by atoms with Crippen molar-refractivity contribution in [1.29, 1.82) is 0 Å². The van der Waals surface area contributed by atoms with Crippen LogP contribution in [0.1, 0.15) is 0 Å². The van der Waals surface area contributed by atoms with Gasteiger partial charge in [-0.05, 0) is 12.1 Å². The van der Waals surface area contributed by atoms with E-state index in [2.05, 4.69) is 15.0 Å². The number of rotatable bonds is 2. The van der Waals surface area contributed by atoms with E-state index in [1.807, 2.05) is 18.2 Å². The van der Waals surface area contributed by atoms with Crippen LogP contribution in [0, 0.1) is 10.1 Å². The molecular formula is C13H9N5O2. The van der Waals surface area contributed by atoms with Crippen LogP contribution in [0.4, 0.5) is 11.6 Å². The summed E-state index contributed by atoms with van der Waals surface area (Å²) in [5.74, 6) is -0.00767. The van der Waals surface area contributed by atoms with E-state index in [9.17, 15) is 10.1 Å². The molecule has 0 unspecified atom stereocenters. The highest BCUT2D eigenvalue weighted by Crippen LogP contribution is 2.29. The second kappa shape index (κ2) is 4.54. The van der Waals surface area contributed by atoms with E-state index < -0.39 is 4.92 Å². The van der Waals surface area contributed by atoms with Crippen LogP contribution in [0.3, 0.4) is 0 Å². The molecule has 0 spiro atoms. The highest BCUT2D eigenvalue weighted by atomic mass is 16.6. The largest absolute Gasteiger partial charge is 0.368 e. The van der Waals surface area contributed by atoms with Gasteiger partial charge >= 0.3 is 5.69 Å². The van der Waals surface area contributed by atoms with E-state index in [-0.39, 0.29) is 17.3 Å². The average Bonchev–Trinajstić information content (AvgIpc) is 2.46. The van der Waals surface area contributed by atoms with Crippen LogP contribution in [-0.4, -0.2) is 19.9 Å². The van der Waals surface area contributed by atoms with Gasteiger partial charge in [-0.1, -0.05) is 18.2 Å². The van der Waals surface area contributed by atoms with Crippen molar-refractivity contribution in [3.8, 4) is 11.3 Å². The van der Waals surface area contributed by atoms with Gasteiger partial charge < -0.3 is 5.73 Å². The molecule has 0 aliphatic heterocycles. The van der Waals surface area contributed by atoms with Crippen molar-refractivity contribution in [2.45, 2.75) is 0 Å². The summed E-state index contributed by atoms with van der Waals surface area (Å²) in [4.78, 5) is 22.4. The Morgan fingerprint density at radius 3 is 2.85 bits per heavy atom. The Labute approximate surface area is 113 Å². The summed E-state index contributed by atoms with van der Waals surface area (Å²) < 4.78 is 0. The van der Waals surface area contributed by atoms with Gasteiger partial charge in [-0.2, -0.15) is 0 Å². The molecule has 0 aliphatic rings. The summed E-state index contributed by atoms with van der Waals surface area (Å²) >= 11 is 0. The molecule has 0 radical (unpaired) electrons. The standard InChI is InChI=1S/C13H9N5O2/c14-13-16-7-11(18(19)20)12(17-13)9-4-3-8-2-1-5-15-10(8)6-9/h1-7H,(H2,14,16,17). The van der Waals surface area contributed by atoms with Crippen molar-refractivity contribution in [2.75, 3.05) is 5.73 Å². The number of aromatic nitrogens is 3. The number of nitrogens with two attached hydrogens (primary N) is 1. The molecule has 1 aromatic carbocycles. The number of fused-ring (bicyclic) bond motifs is 1. The first-order chi connectivity index (χ1) is 9.65. The van der Waals surface area contributed by atoms with Crippen molar-refractivity contribution in [3.63, 3.8) is 0 Å². The number of nitrogen functional groups attached to an aromatic ring is 1. The molecule has 3 rings (SSSR count). The lowest BCUT2D eigenvalue weighted by molar-refractivity contribution is -0.384. The fourth-order valence-electron chi connectivity index (χ4n) is 1.95. The molecule has 0 bridgehead atoms. The summed E-state index contributed by atoms with van der Waals surface area (Å²) in [5.41, 5.74) is 6.83. The number of hydrogen-bond donors (Lipinski definition) is 1. The van der Waals surface area contributed by atoms with Crippen LogP contribution in [0.2, 0.25) is 0 Å². The van der Waals surface area contributed by atoms with Crippen molar-refractivity contribution in [3.05, 3.63) is 52.8 Å². The first kappa shape index (κ1) is 12.0. The van der Waals surface area contributed by atoms with E-state index >= 15 is 0 Å². The van der Waals surface area contributed by atoms with Crippen LogP contribution in [0.25, 0.3) is 22.2 Å². The quantitative estimate of drug-likeness (QED) is 0.563. The summed E-state index contributed by atoms with van der Waals surface area (Å²) in [7, 11) is 0. The Balaban J connectivity index is 2.24. The van der Waals surface area contributed by atoms with E-state index in [1.165, 1.54) is 0 Å². The Bertz CT molecular complexity index is 819. The molecule has 0 saturated heterocycles. The lowest BCUT2D eigenvalue weighted by Crippen LogP contribution is -2.01. The number of pyridine rings is 1. The maximum atomic E-state index is 11.0. The number of anilines is 1. The van der Waals surface area contributed by atoms with Crippen LogP contribution in [0.15, 0.2) is 42.7 Å². The first-order valence-electron chi connectivity index (χ1n) is 5.77. The SMILES string of the molecule is Nc1ncc([N+](=O)[O-])c(-c2ccc3cccnc3c2)n1. The van der Waals surface area contributed by atoms with Crippen molar-refractivity contribution < 1.29 is 4.92 Å². The highest BCUT2D eigenvalue weighted by molar-refractivity contribution is 5.85. The number of nitrogens with zero attached hydrogens (tertiary/aromatic N) is 4. The third kappa shape index (κ3) is 2.01. The average molecular weight is 267 g/mol. The normalized spacial score (nSPS) is 10.6. The zero-order valence-electron chi connectivity index (χ0n) is 10.2. The number of benzene rings is 1. The minimum atomic E-state index is -0.530. The van der Waals surface area contributed by atoms with E-state index in [4.69, 9.17) is 5.73 Å². The van der Waals surface area contributed by atoms with Gasteiger partial charge in [0.25, 0.3) is 0 Å². The van der Waals surface area contributed by atoms with Crippen molar-refractivity contribution >= 4 is 22.5 Å². The van der Waals surface area contributed by atoms with Gasteiger partial charge in [0.05, 0.1) is 10.4 Å². The molecule has 2 N–H and O–H groups in total. The number of nitro groups is 1. The Morgan fingerprint density at radius 2 is 2.05 bits per heavy atom. The molecule has 0 aliphatic carbocycles. The molecule has 2 heterocycles. The topological polar surface area (TPSA) is 108 Å². The fourth-order valence-corrected chi connectivity index (χ4v) is 1.95. The minimum absolute atomic E-state index is 0.00767. The third-order valence-corrected chi connectivity index (χ3v) is 2.86. The molecule has 0 amide bonds. The molecule has 0 saturated carbocycles. The van der Waals surface area contributed by atoms with Crippen LogP contribution in [0.5, 0.6) is 0 Å². The molecule has 7 heteroatoms. The molecule has 20 heavy (non-hydrogen) atoms. The van der Waals surface area contributed by atoms with Gasteiger partial charge in [0.2, 0.25) is 5.95 Å². The monoisotopic (exact) mass is 267 g/mol. The first-order valence-corrected chi connectivity index (χ1v) is 5.77. The summed E-state index contributed by atoms with van der Waals surface area (Å²) in [6.45, 7) is 0. The van der Waals surface area contributed by atoms with Crippen LogP contribution < -0.4 is 5.73 Å². The van der Waals surface area contributed by atoms with E-state index in [0.717, 1.165) is 17.1 Å². The molecule has 98 valence electrons. The van der Waals surface area contributed by atoms with Crippen LogP contribution in [-0.2, 0) is 0 Å². The summed E-state index contributed by atoms with van der Waals surface area (Å²) in [5, 5.41) is 12.0. The van der Waals surface area contributed by atoms with Crippen molar-refractivity contribution in [2.24, 2.45) is 0 Å². The molecule has 2 aromatic heterocycles. The van der Waals surface area contributed by atoms with E-state index in [1.54, 1.807) is 18.3 Å². The maximum absolute atomic E-state index is 11.0. The van der Waals surface area contributed by atoms with Gasteiger partial charge in [0.15, 0.2) is 5.69 Å². The molecule has 7 nitrogen and oxygen atoms in total. The third-order valence-electron chi connectivity index (χ3n) is 2.86. The Morgan fingerprint density at radius 1 is 1.20 bits per heavy atom. The van der Waals surface area contributed by atoms with Gasteiger partial charge in [0, 0.05) is 17.1 Å². The fraction of sp³-hybridized carbons (Fsp3) is 0. The smallest absolute Gasteiger partial charge is 0.313 e. The van der Waals surface area contributed by atoms with Crippen LogP contribution >= 0.6 is 0 Å². The summed E-state index contributed by atoms with van der Waals surface area (Å²) in [6, 6.07) is 9.06. The lowest BCUT2D eigenvalue weighted by Gasteiger charge is -2.04. The van der Waals surface area contributed by atoms with Gasteiger partial charge in [-0.3, -0.25) is 15.1 Å². The zero-order valence-corrected chi connectivity index (χ0v) is 10.2. The van der Waals surface area contributed by atoms with E-state index in [0.29, 0.717) is 5.56 Å². The lowest BCUT2D eigenvalue weighted by atomic mass is 10.1. The van der Waals surface area contributed by atoms with Gasteiger partial charge in [0.1, 0.15) is 6.20 Å². The predicted molar refractivity (Wildman–Crippen MR) is 73.8 cm³/mol. The second-order valence-electron chi connectivity index (χ2n) is 4.13.